The first-order chi connectivity index (χ1) is 11.2. The van der Waals surface area contributed by atoms with Gasteiger partial charge in [0.15, 0.2) is 0 Å². The summed E-state index contributed by atoms with van der Waals surface area (Å²) >= 11 is 0. The SMILES string of the molecule is CN(c1ccc([N+](=O)[O-])cn1)C1CCN(C(=O)OC(C)(C)C)CC1. The number of nitrogens with zero attached hydrogens (tertiary/aromatic N) is 4. The van der Waals surface area contributed by atoms with E-state index in [0.29, 0.717) is 18.9 Å². The van der Waals surface area contributed by atoms with Crippen LogP contribution in [0.5, 0.6) is 0 Å². The van der Waals surface area contributed by atoms with E-state index in [9.17, 15) is 14.9 Å². The van der Waals surface area contributed by atoms with Crippen LogP contribution in [0, 0.1) is 10.1 Å². The van der Waals surface area contributed by atoms with Gasteiger partial charge in [-0.3, -0.25) is 10.1 Å². The molecule has 2 heterocycles. The van der Waals surface area contributed by atoms with Gasteiger partial charge in [-0.25, -0.2) is 9.78 Å². The lowest BCUT2D eigenvalue weighted by Gasteiger charge is -2.37. The Morgan fingerprint density at radius 1 is 1.38 bits per heavy atom. The summed E-state index contributed by atoms with van der Waals surface area (Å²) in [5.74, 6) is 0.691. The normalized spacial score (nSPS) is 15.9. The van der Waals surface area contributed by atoms with Crippen LogP contribution >= 0.6 is 0 Å². The summed E-state index contributed by atoms with van der Waals surface area (Å²) < 4.78 is 5.39. The van der Waals surface area contributed by atoms with Crippen LogP contribution in [0.4, 0.5) is 16.3 Å². The Kier molecular flexibility index (Phi) is 5.26. The molecule has 0 spiro atoms. The number of rotatable bonds is 3. The lowest BCUT2D eigenvalue weighted by Crippen LogP contribution is -2.47. The Labute approximate surface area is 141 Å². The maximum Gasteiger partial charge on any atom is 0.410 e. The standard InChI is InChI=1S/C16H24N4O4/c1-16(2,3)24-15(21)19-9-7-12(8-10-19)18(4)14-6-5-13(11-17-14)20(22)23/h5-6,11-12H,7-10H2,1-4H3. The molecule has 0 aliphatic carbocycles. The van der Waals surface area contributed by atoms with E-state index in [-0.39, 0.29) is 17.8 Å². The van der Waals surface area contributed by atoms with Gasteiger partial charge in [-0.05, 0) is 39.7 Å². The zero-order valence-corrected chi connectivity index (χ0v) is 14.6. The van der Waals surface area contributed by atoms with Crippen LogP contribution in [0.15, 0.2) is 18.3 Å². The number of anilines is 1. The van der Waals surface area contributed by atoms with Crippen molar-refractivity contribution in [3.8, 4) is 0 Å². The van der Waals surface area contributed by atoms with Gasteiger partial charge in [-0.1, -0.05) is 0 Å². The molecular formula is C16H24N4O4. The summed E-state index contributed by atoms with van der Waals surface area (Å²) in [5, 5.41) is 10.7. The fourth-order valence-corrected chi connectivity index (χ4v) is 2.64. The van der Waals surface area contributed by atoms with Crippen LogP contribution in [-0.4, -0.2) is 52.7 Å². The second-order valence-electron chi connectivity index (χ2n) is 6.94. The molecule has 1 aromatic rings. The molecule has 0 N–H and O–H groups in total. The molecular weight excluding hydrogens is 312 g/mol. The van der Waals surface area contributed by atoms with Crippen molar-refractivity contribution in [3.05, 3.63) is 28.4 Å². The van der Waals surface area contributed by atoms with Crippen molar-refractivity contribution < 1.29 is 14.5 Å². The van der Waals surface area contributed by atoms with Crippen molar-refractivity contribution in [2.24, 2.45) is 0 Å². The van der Waals surface area contributed by atoms with E-state index in [4.69, 9.17) is 4.74 Å². The Morgan fingerprint density at radius 3 is 2.46 bits per heavy atom. The van der Waals surface area contributed by atoms with Gasteiger partial charge in [-0.15, -0.1) is 0 Å². The van der Waals surface area contributed by atoms with E-state index in [1.54, 1.807) is 11.0 Å². The van der Waals surface area contributed by atoms with Gasteiger partial charge < -0.3 is 14.5 Å². The number of amides is 1. The van der Waals surface area contributed by atoms with Gasteiger partial charge in [0.05, 0.1) is 4.92 Å². The number of likely N-dealkylation sites (tertiary alicyclic amines) is 1. The average molecular weight is 336 g/mol. The molecule has 1 aliphatic heterocycles. The second kappa shape index (κ2) is 7.02. The third kappa shape index (κ3) is 4.56. The molecule has 1 fully saturated rings. The van der Waals surface area contributed by atoms with E-state index in [1.165, 1.54) is 12.3 Å². The fraction of sp³-hybridized carbons (Fsp3) is 0.625. The Bertz CT molecular complexity index is 589. The number of piperidine rings is 1. The largest absolute Gasteiger partial charge is 0.444 e. The van der Waals surface area contributed by atoms with Crippen LogP contribution in [0.2, 0.25) is 0 Å². The van der Waals surface area contributed by atoms with Gasteiger partial charge in [-0.2, -0.15) is 0 Å². The van der Waals surface area contributed by atoms with Crippen molar-refractivity contribution >= 4 is 17.6 Å². The fourth-order valence-electron chi connectivity index (χ4n) is 2.64. The molecule has 0 saturated carbocycles. The molecule has 0 atom stereocenters. The lowest BCUT2D eigenvalue weighted by molar-refractivity contribution is -0.385. The molecule has 24 heavy (non-hydrogen) atoms. The van der Waals surface area contributed by atoms with Crippen LogP contribution in [0.3, 0.4) is 0 Å². The van der Waals surface area contributed by atoms with E-state index in [2.05, 4.69) is 4.98 Å². The predicted molar refractivity (Wildman–Crippen MR) is 90.1 cm³/mol. The monoisotopic (exact) mass is 336 g/mol. The minimum atomic E-state index is -0.493. The molecule has 0 bridgehead atoms. The molecule has 0 aromatic carbocycles. The Hall–Kier alpha value is -2.38. The zero-order chi connectivity index (χ0) is 17.9. The summed E-state index contributed by atoms with van der Waals surface area (Å²) in [6.45, 7) is 6.80. The molecule has 1 aromatic heterocycles. The number of nitro groups is 1. The maximum atomic E-state index is 12.1. The highest BCUT2D eigenvalue weighted by Crippen LogP contribution is 2.23. The maximum absolute atomic E-state index is 12.1. The molecule has 1 aliphatic rings. The van der Waals surface area contributed by atoms with Crippen molar-refractivity contribution in [2.45, 2.75) is 45.3 Å². The van der Waals surface area contributed by atoms with Crippen LogP contribution < -0.4 is 4.90 Å². The molecule has 1 saturated heterocycles. The Morgan fingerprint density at radius 2 is 2.00 bits per heavy atom. The summed E-state index contributed by atoms with van der Waals surface area (Å²) in [4.78, 5) is 30.2. The van der Waals surface area contributed by atoms with Crippen LogP contribution in [-0.2, 0) is 4.74 Å². The molecule has 0 radical (unpaired) electrons. The summed E-state index contributed by atoms with van der Waals surface area (Å²) in [7, 11) is 1.92. The first kappa shape index (κ1) is 18.0. The van der Waals surface area contributed by atoms with Gasteiger partial charge in [0.1, 0.15) is 17.6 Å². The number of hydrogen-bond donors (Lipinski definition) is 0. The van der Waals surface area contributed by atoms with Crippen molar-refractivity contribution in [1.82, 2.24) is 9.88 Å². The molecule has 2 rings (SSSR count). The Balaban J connectivity index is 1.91. The number of hydrogen-bond acceptors (Lipinski definition) is 6. The first-order valence-electron chi connectivity index (χ1n) is 7.98. The van der Waals surface area contributed by atoms with E-state index in [1.807, 2.05) is 32.7 Å². The highest BCUT2D eigenvalue weighted by molar-refractivity contribution is 5.68. The quantitative estimate of drug-likeness (QED) is 0.623. The molecule has 8 nitrogen and oxygen atoms in total. The number of ether oxygens (including phenoxy) is 1. The van der Waals surface area contributed by atoms with Crippen LogP contribution in [0.1, 0.15) is 33.6 Å². The number of pyridine rings is 1. The number of carbonyl (C=O) groups is 1. The second-order valence-corrected chi connectivity index (χ2v) is 6.94. The van der Waals surface area contributed by atoms with Gasteiger partial charge >= 0.3 is 6.09 Å². The lowest BCUT2D eigenvalue weighted by atomic mass is 10.0. The van der Waals surface area contributed by atoms with Crippen molar-refractivity contribution in [3.63, 3.8) is 0 Å². The summed E-state index contributed by atoms with van der Waals surface area (Å²) in [6.07, 6.45) is 2.59. The predicted octanol–water partition coefficient (Wildman–Crippen LogP) is 2.83. The van der Waals surface area contributed by atoms with Crippen molar-refractivity contribution in [1.29, 1.82) is 0 Å². The molecule has 132 valence electrons. The van der Waals surface area contributed by atoms with Gasteiger partial charge in [0, 0.05) is 32.2 Å². The van der Waals surface area contributed by atoms with E-state index >= 15 is 0 Å². The number of aromatic nitrogens is 1. The smallest absolute Gasteiger partial charge is 0.410 e. The van der Waals surface area contributed by atoms with Crippen molar-refractivity contribution in [2.75, 3.05) is 25.0 Å². The highest BCUT2D eigenvalue weighted by Gasteiger charge is 2.28. The molecule has 8 heteroatoms. The molecule has 0 unspecified atom stereocenters. The zero-order valence-electron chi connectivity index (χ0n) is 14.6. The highest BCUT2D eigenvalue weighted by atomic mass is 16.6. The minimum absolute atomic E-state index is 0.0214. The number of carbonyl (C=O) groups excluding carboxylic acids is 1. The topological polar surface area (TPSA) is 88.8 Å². The van der Waals surface area contributed by atoms with E-state index in [0.717, 1.165) is 12.8 Å². The third-order valence-electron chi connectivity index (χ3n) is 3.97. The minimum Gasteiger partial charge on any atom is -0.444 e. The first-order valence-corrected chi connectivity index (χ1v) is 7.98. The summed E-state index contributed by atoms with van der Waals surface area (Å²) in [5.41, 5.74) is -0.514. The average Bonchev–Trinajstić information content (AvgIpc) is 2.53. The van der Waals surface area contributed by atoms with Gasteiger partial charge in [0.25, 0.3) is 5.69 Å². The van der Waals surface area contributed by atoms with Gasteiger partial charge in [0.2, 0.25) is 0 Å². The summed E-state index contributed by atoms with van der Waals surface area (Å²) in [6, 6.07) is 3.34. The third-order valence-corrected chi connectivity index (χ3v) is 3.97. The van der Waals surface area contributed by atoms with Crippen LogP contribution in [0.25, 0.3) is 0 Å². The molecule has 1 amide bonds. The van der Waals surface area contributed by atoms with E-state index < -0.39 is 10.5 Å².